The van der Waals surface area contributed by atoms with Gasteiger partial charge in [-0.2, -0.15) is 9.97 Å². The first-order valence-corrected chi connectivity index (χ1v) is 9.65. The number of nitrogens with zero attached hydrogens (tertiary/aromatic N) is 6. The summed E-state index contributed by atoms with van der Waals surface area (Å²) in [4.78, 5) is 17.7. The van der Waals surface area contributed by atoms with E-state index < -0.39 is 0 Å². The van der Waals surface area contributed by atoms with Gasteiger partial charge in [-0.15, -0.1) is 0 Å². The number of methoxy groups -OCH3 is 1. The number of piperazine rings is 1. The molecule has 2 aromatic heterocycles. The molecule has 9 nitrogen and oxygen atoms in total. The minimum atomic E-state index is 0.574. The standard InChI is InChI=1S/C20H24N6O3/c1-3-28-16-6-4-15(5-7-16)19-22-18(29-24-19)14-25-10-12-26(13-11-25)20-21-9-8-17(23-20)27-2/h4-9H,3,10-14H2,1-2H3. The fraction of sp³-hybridized carbons (Fsp3) is 0.400. The Labute approximate surface area is 169 Å². The summed E-state index contributed by atoms with van der Waals surface area (Å²) in [6, 6.07) is 9.44. The van der Waals surface area contributed by atoms with Crippen LogP contribution < -0.4 is 14.4 Å². The van der Waals surface area contributed by atoms with Crippen LogP contribution in [0.2, 0.25) is 0 Å². The number of aromatic nitrogens is 4. The first kappa shape index (κ1) is 19.1. The minimum absolute atomic E-state index is 0.574. The summed E-state index contributed by atoms with van der Waals surface area (Å²) in [6.45, 7) is 6.60. The molecule has 0 saturated carbocycles. The van der Waals surface area contributed by atoms with Crippen LogP contribution in [0.1, 0.15) is 12.8 Å². The Morgan fingerprint density at radius 1 is 1.03 bits per heavy atom. The maximum absolute atomic E-state index is 5.47. The van der Waals surface area contributed by atoms with Crippen molar-refractivity contribution >= 4 is 5.95 Å². The third kappa shape index (κ3) is 4.62. The zero-order valence-corrected chi connectivity index (χ0v) is 16.6. The van der Waals surface area contributed by atoms with Crippen molar-refractivity contribution in [3.63, 3.8) is 0 Å². The summed E-state index contributed by atoms with van der Waals surface area (Å²) < 4.78 is 16.1. The van der Waals surface area contributed by atoms with Gasteiger partial charge in [0.15, 0.2) is 0 Å². The van der Waals surface area contributed by atoms with E-state index in [-0.39, 0.29) is 0 Å². The van der Waals surface area contributed by atoms with Gasteiger partial charge in [0.1, 0.15) is 5.75 Å². The number of hydrogen-bond acceptors (Lipinski definition) is 9. The molecule has 9 heteroatoms. The van der Waals surface area contributed by atoms with Crippen molar-refractivity contribution in [3.05, 3.63) is 42.4 Å². The van der Waals surface area contributed by atoms with E-state index in [1.807, 2.05) is 31.2 Å². The van der Waals surface area contributed by atoms with Crippen LogP contribution >= 0.6 is 0 Å². The Morgan fingerprint density at radius 3 is 2.55 bits per heavy atom. The zero-order chi connectivity index (χ0) is 20.1. The first-order chi connectivity index (χ1) is 14.2. The van der Waals surface area contributed by atoms with E-state index in [9.17, 15) is 0 Å². The van der Waals surface area contributed by atoms with Gasteiger partial charge in [0.25, 0.3) is 0 Å². The van der Waals surface area contributed by atoms with Crippen LogP contribution in [-0.4, -0.2) is 64.9 Å². The molecule has 0 N–H and O–H groups in total. The van der Waals surface area contributed by atoms with Gasteiger partial charge in [0.2, 0.25) is 23.5 Å². The lowest BCUT2D eigenvalue weighted by Gasteiger charge is -2.33. The predicted molar refractivity (Wildman–Crippen MR) is 107 cm³/mol. The van der Waals surface area contributed by atoms with Gasteiger partial charge in [0.05, 0.1) is 20.3 Å². The SMILES string of the molecule is CCOc1ccc(-c2noc(CN3CCN(c4nccc(OC)n4)CC3)n2)cc1. The van der Waals surface area contributed by atoms with E-state index in [1.54, 1.807) is 19.4 Å². The highest BCUT2D eigenvalue weighted by Crippen LogP contribution is 2.21. The Morgan fingerprint density at radius 2 is 1.83 bits per heavy atom. The van der Waals surface area contributed by atoms with E-state index in [0.717, 1.165) is 37.5 Å². The highest BCUT2D eigenvalue weighted by atomic mass is 16.5. The highest BCUT2D eigenvalue weighted by Gasteiger charge is 2.21. The van der Waals surface area contributed by atoms with E-state index in [4.69, 9.17) is 14.0 Å². The number of benzene rings is 1. The van der Waals surface area contributed by atoms with Crippen LogP contribution in [0, 0.1) is 0 Å². The molecule has 0 amide bonds. The lowest BCUT2D eigenvalue weighted by atomic mass is 10.2. The lowest BCUT2D eigenvalue weighted by molar-refractivity contribution is 0.214. The molecule has 0 atom stereocenters. The molecule has 3 aromatic rings. The van der Waals surface area contributed by atoms with Gasteiger partial charge in [-0.3, -0.25) is 4.90 Å². The second-order valence-corrected chi connectivity index (χ2v) is 6.63. The van der Waals surface area contributed by atoms with E-state index >= 15 is 0 Å². The molecule has 1 aliphatic heterocycles. The maximum atomic E-state index is 5.47. The van der Waals surface area contributed by atoms with E-state index in [1.165, 1.54) is 0 Å². The average molecular weight is 396 g/mol. The number of anilines is 1. The van der Waals surface area contributed by atoms with Gasteiger partial charge in [-0.25, -0.2) is 4.98 Å². The van der Waals surface area contributed by atoms with Gasteiger partial charge >= 0.3 is 0 Å². The zero-order valence-electron chi connectivity index (χ0n) is 16.6. The van der Waals surface area contributed by atoms with Gasteiger partial charge < -0.3 is 18.9 Å². The van der Waals surface area contributed by atoms with Crippen molar-refractivity contribution in [2.45, 2.75) is 13.5 Å². The second kappa shape index (κ2) is 8.87. The fourth-order valence-corrected chi connectivity index (χ4v) is 3.20. The number of hydrogen-bond donors (Lipinski definition) is 0. The summed E-state index contributed by atoms with van der Waals surface area (Å²) in [7, 11) is 1.61. The summed E-state index contributed by atoms with van der Waals surface area (Å²) in [6.07, 6.45) is 1.72. The highest BCUT2D eigenvalue weighted by molar-refractivity contribution is 5.55. The third-order valence-electron chi connectivity index (χ3n) is 4.73. The molecule has 3 heterocycles. The first-order valence-electron chi connectivity index (χ1n) is 9.65. The second-order valence-electron chi connectivity index (χ2n) is 6.63. The molecule has 1 aliphatic rings. The molecule has 1 saturated heterocycles. The van der Waals surface area contributed by atoms with Gasteiger partial charge in [-0.1, -0.05) is 5.16 Å². The molecule has 152 valence electrons. The average Bonchev–Trinajstić information content (AvgIpc) is 3.23. The summed E-state index contributed by atoms with van der Waals surface area (Å²) in [5, 5.41) is 4.11. The summed E-state index contributed by atoms with van der Waals surface area (Å²) in [5.41, 5.74) is 0.906. The van der Waals surface area contributed by atoms with Crippen molar-refractivity contribution < 1.29 is 14.0 Å². The van der Waals surface area contributed by atoms with Gasteiger partial charge in [-0.05, 0) is 31.2 Å². The normalized spacial score (nSPS) is 14.8. The topological polar surface area (TPSA) is 89.6 Å². The maximum Gasteiger partial charge on any atom is 0.241 e. The molecule has 0 bridgehead atoms. The van der Waals surface area contributed by atoms with Crippen molar-refractivity contribution in [2.24, 2.45) is 0 Å². The van der Waals surface area contributed by atoms with Crippen LogP contribution in [0.5, 0.6) is 11.6 Å². The molecule has 0 radical (unpaired) electrons. The van der Waals surface area contributed by atoms with Crippen molar-refractivity contribution in [1.82, 2.24) is 25.0 Å². The summed E-state index contributed by atoms with van der Waals surface area (Å²) >= 11 is 0. The van der Waals surface area contributed by atoms with E-state index in [0.29, 0.717) is 36.7 Å². The van der Waals surface area contributed by atoms with Crippen LogP contribution in [0.3, 0.4) is 0 Å². The van der Waals surface area contributed by atoms with Crippen LogP contribution in [0.15, 0.2) is 41.1 Å². The predicted octanol–water partition coefficient (Wildman–Crippen LogP) is 2.26. The molecule has 1 fully saturated rings. The smallest absolute Gasteiger partial charge is 0.241 e. The molecular weight excluding hydrogens is 372 g/mol. The monoisotopic (exact) mass is 396 g/mol. The van der Waals surface area contributed by atoms with Crippen LogP contribution in [0.4, 0.5) is 5.95 Å². The summed E-state index contributed by atoms with van der Waals surface area (Å²) in [5.74, 6) is 3.30. The fourth-order valence-electron chi connectivity index (χ4n) is 3.20. The Hall–Kier alpha value is -3.20. The number of rotatable bonds is 7. The quantitative estimate of drug-likeness (QED) is 0.596. The van der Waals surface area contributed by atoms with Crippen molar-refractivity contribution in [1.29, 1.82) is 0 Å². The van der Waals surface area contributed by atoms with Crippen molar-refractivity contribution in [2.75, 3.05) is 44.8 Å². The third-order valence-corrected chi connectivity index (χ3v) is 4.73. The number of ether oxygens (including phenoxy) is 2. The molecule has 4 rings (SSSR count). The lowest BCUT2D eigenvalue weighted by Crippen LogP contribution is -2.46. The Balaban J connectivity index is 1.33. The van der Waals surface area contributed by atoms with Gasteiger partial charge in [0, 0.05) is 44.0 Å². The van der Waals surface area contributed by atoms with E-state index in [2.05, 4.69) is 29.9 Å². The minimum Gasteiger partial charge on any atom is -0.494 e. The van der Waals surface area contributed by atoms with Crippen LogP contribution in [0.25, 0.3) is 11.4 Å². The Kier molecular flexibility index (Phi) is 5.85. The largest absolute Gasteiger partial charge is 0.494 e. The van der Waals surface area contributed by atoms with Crippen LogP contribution in [-0.2, 0) is 6.54 Å². The molecular formula is C20H24N6O3. The molecule has 0 aliphatic carbocycles. The molecule has 0 unspecified atom stereocenters. The molecule has 0 spiro atoms. The molecule has 29 heavy (non-hydrogen) atoms. The Bertz CT molecular complexity index is 922. The van der Waals surface area contributed by atoms with Crippen molar-refractivity contribution in [3.8, 4) is 23.0 Å². The molecule has 1 aromatic carbocycles.